The highest BCUT2D eigenvalue weighted by atomic mass is 19.1. The molecule has 1 saturated carbocycles. The highest BCUT2D eigenvalue weighted by molar-refractivity contribution is 5.74. The Kier molecular flexibility index (Phi) is 4.60. The maximum atomic E-state index is 14.2. The van der Waals surface area contributed by atoms with Crippen molar-refractivity contribution in [3.63, 3.8) is 0 Å². The lowest BCUT2D eigenvalue weighted by molar-refractivity contribution is -0.129. The highest BCUT2D eigenvalue weighted by Gasteiger charge is 2.51. The van der Waals surface area contributed by atoms with Crippen molar-refractivity contribution in [1.82, 2.24) is 24.5 Å². The number of aryl methyl sites for hydroxylation is 1. The third kappa shape index (κ3) is 3.82. The number of halogens is 1. The zero-order chi connectivity index (χ0) is 21.8. The van der Waals surface area contributed by atoms with Crippen LogP contribution >= 0.6 is 0 Å². The van der Waals surface area contributed by atoms with Gasteiger partial charge in [0.1, 0.15) is 5.67 Å². The number of anilines is 2. The summed E-state index contributed by atoms with van der Waals surface area (Å²) in [6, 6.07) is 8.12. The van der Waals surface area contributed by atoms with Crippen LogP contribution in [-0.2, 0) is 31.4 Å². The van der Waals surface area contributed by atoms with Gasteiger partial charge >= 0.3 is 0 Å². The molecule has 5 rings (SSSR count). The summed E-state index contributed by atoms with van der Waals surface area (Å²) in [5.74, 6) is 0.814. The average Bonchev–Trinajstić information content (AvgIpc) is 3.05. The van der Waals surface area contributed by atoms with E-state index in [1.54, 1.807) is 18.5 Å². The minimum absolute atomic E-state index is 0.00829. The van der Waals surface area contributed by atoms with E-state index in [0.717, 1.165) is 40.3 Å². The van der Waals surface area contributed by atoms with Crippen LogP contribution in [0, 0.1) is 5.92 Å². The molecule has 2 atom stereocenters. The summed E-state index contributed by atoms with van der Waals surface area (Å²) in [6.45, 7) is 5.03. The second kappa shape index (κ2) is 7.21. The van der Waals surface area contributed by atoms with E-state index in [-0.39, 0.29) is 11.8 Å². The van der Waals surface area contributed by atoms with Crippen molar-refractivity contribution >= 4 is 17.4 Å². The van der Waals surface area contributed by atoms with E-state index < -0.39 is 5.67 Å². The van der Waals surface area contributed by atoms with Crippen LogP contribution in [0.15, 0.2) is 36.7 Å². The Morgan fingerprint density at radius 2 is 2.03 bits per heavy atom. The van der Waals surface area contributed by atoms with E-state index >= 15 is 0 Å². The Bertz CT molecular complexity index is 1130. The van der Waals surface area contributed by atoms with Crippen molar-refractivity contribution in [2.75, 3.05) is 11.9 Å². The van der Waals surface area contributed by atoms with Crippen LogP contribution < -0.4 is 5.32 Å². The molecule has 1 fully saturated rings. The third-order valence-electron chi connectivity index (χ3n) is 6.50. The SMILES string of the molecule is CC(=O)N1CCc2c(c(Nc3ccc(-c4cnn(C)c4)cc3)nn2C[C@H]2CC2(C)F)C1. The molecule has 1 N–H and O–H groups in total. The van der Waals surface area contributed by atoms with Gasteiger partial charge in [0.05, 0.1) is 12.7 Å². The third-order valence-corrected chi connectivity index (χ3v) is 6.50. The van der Waals surface area contributed by atoms with E-state index in [4.69, 9.17) is 5.10 Å². The van der Waals surface area contributed by atoms with Gasteiger partial charge in [-0.25, -0.2) is 4.39 Å². The smallest absolute Gasteiger partial charge is 0.219 e. The number of alkyl halides is 1. The molecule has 1 aromatic carbocycles. The molecule has 1 amide bonds. The second-order valence-corrected chi connectivity index (χ2v) is 8.93. The minimum atomic E-state index is -1.09. The first-order chi connectivity index (χ1) is 14.8. The van der Waals surface area contributed by atoms with Crippen LogP contribution in [0.5, 0.6) is 0 Å². The fourth-order valence-corrected chi connectivity index (χ4v) is 4.35. The van der Waals surface area contributed by atoms with E-state index in [2.05, 4.69) is 10.4 Å². The van der Waals surface area contributed by atoms with Gasteiger partial charge in [-0.2, -0.15) is 10.2 Å². The summed E-state index contributed by atoms with van der Waals surface area (Å²) in [7, 11) is 1.90. The summed E-state index contributed by atoms with van der Waals surface area (Å²) in [5.41, 5.74) is 4.11. The molecule has 3 heterocycles. The monoisotopic (exact) mass is 422 g/mol. The van der Waals surface area contributed by atoms with Gasteiger partial charge in [0.2, 0.25) is 5.91 Å². The van der Waals surface area contributed by atoms with Gasteiger partial charge in [-0.05, 0) is 31.0 Å². The predicted molar refractivity (Wildman–Crippen MR) is 117 cm³/mol. The first-order valence-corrected chi connectivity index (χ1v) is 10.7. The molecule has 8 heteroatoms. The van der Waals surface area contributed by atoms with Crippen LogP contribution in [0.25, 0.3) is 11.1 Å². The molecule has 1 aliphatic heterocycles. The summed E-state index contributed by atoms with van der Waals surface area (Å²) in [6.07, 6.45) is 5.14. The molecule has 0 bridgehead atoms. The standard InChI is InChI=1S/C23H27FN6O/c1-15(31)29-9-8-21-20(14-29)22(27-30(21)13-18-10-23(18,2)24)26-19-6-4-16(5-7-19)17-11-25-28(3)12-17/h4-7,11-12,18H,8-10,13-14H2,1-3H3,(H,26,27)/t18-,23?/m1/s1. The van der Waals surface area contributed by atoms with Crippen LogP contribution in [0.1, 0.15) is 31.5 Å². The minimum Gasteiger partial charge on any atom is -0.338 e. The molecular weight excluding hydrogens is 395 g/mol. The Hall–Kier alpha value is -3.16. The number of nitrogens with one attached hydrogen (secondary N) is 1. The largest absolute Gasteiger partial charge is 0.338 e. The van der Waals surface area contributed by atoms with Gasteiger partial charge in [-0.1, -0.05) is 12.1 Å². The molecule has 3 aromatic rings. The zero-order valence-electron chi connectivity index (χ0n) is 18.1. The number of benzene rings is 1. The van der Waals surface area contributed by atoms with Crippen LogP contribution in [-0.4, -0.2) is 42.6 Å². The van der Waals surface area contributed by atoms with Crippen molar-refractivity contribution in [3.05, 3.63) is 47.9 Å². The Balaban J connectivity index is 1.41. The quantitative estimate of drug-likeness (QED) is 0.681. The Labute approximate surface area is 180 Å². The average molecular weight is 423 g/mol. The number of fused-ring (bicyclic) bond motifs is 1. The molecular formula is C23H27FN6O. The molecule has 0 radical (unpaired) electrons. The maximum absolute atomic E-state index is 14.2. The second-order valence-electron chi connectivity index (χ2n) is 8.93. The van der Waals surface area contributed by atoms with Crippen molar-refractivity contribution in [1.29, 1.82) is 0 Å². The lowest BCUT2D eigenvalue weighted by Crippen LogP contribution is -2.34. The van der Waals surface area contributed by atoms with Crippen molar-refractivity contribution in [3.8, 4) is 11.1 Å². The van der Waals surface area contributed by atoms with Crippen molar-refractivity contribution in [2.24, 2.45) is 13.0 Å². The van der Waals surface area contributed by atoms with Gasteiger partial charge in [0.15, 0.2) is 5.82 Å². The molecule has 0 saturated heterocycles. The summed E-state index contributed by atoms with van der Waals surface area (Å²) >= 11 is 0. The van der Waals surface area contributed by atoms with Crippen LogP contribution in [0.2, 0.25) is 0 Å². The molecule has 1 aliphatic carbocycles. The number of carbonyl (C=O) groups is 1. The number of hydrogen-bond donors (Lipinski definition) is 1. The Morgan fingerprint density at radius 3 is 2.65 bits per heavy atom. The topological polar surface area (TPSA) is 68.0 Å². The number of carbonyl (C=O) groups excluding carboxylic acids is 1. The highest BCUT2D eigenvalue weighted by Crippen LogP contribution is 2.48. The number of aromatic nitrogens is 4. The maximum Gasteiger partial charge on any atom is 0.219 e. The Morgan fingerprint density at radius 1 is 1.29 bits per heavy atom. The fraction of sp³-hybridized carbons (Fsp3) is 0.435. The summed E-state index contributed by atoms with van der Waals surface area (Å²) < 4.78 is 17.9. The number of amides is 1. The predicted octanol–water partition coefficient (Wildman–Crippen LogP) is 3.68. The van der Waals surface area contributed by atoms with Crippen molar-refractivity contribution < 1.29 is 9.18 Å². The van der Waals surface area contributed by atoms with Crippen LogP contribution in [0.3, 0.4) is 0 Å². The van der Waals surface area contributed by atoms with E-state index in [0.29, 0.717) is 26.1 Å². The lowest BCUT2D eigenvalue weighted by atomic mass is 10.1. The number of rotatable bonds is 5. The van der Waals surface area contributed by atoms with Gasteiger partial charge in [-0.3, -0.25) is 14.2 Å². The molecule has 31 heavy (non-hydrogen) atoms. The van der Waals surface area contributed by atoms with Gasteiger partial charge in [0.25, 0.3) is 0 Å². The normalized spacial score (nSPS) is 22.3. The molecule has 2 aliphatic rings. The van der Waals surface area contributed by atoms with Crippen LogP contribution in [0.4, 0.5) is 15.9 Å². The first-order valence-electron chi connectivity index (χ1n) is 10.7. The van der Waals surface area contributed by atoms with E-state index in [1.165, 1.54) is 0 Å². The number of nitrogens with zero attached hydrogens (tertiary/aromatic N) is 5. The van der Waals surface area contributed by atoms with Gasteiger partial charge in [-0.15, -0.1) is 0 Å². The van der Waals surface area contributed by atoms with E-state index in [9.17, 15) is 9.18 Å². The lowest BCUT2D eigenvalue weighted by Gasteiger charge is -2.26. The van der Waals surface area contributed by atoms with Gasteiger partial charge < -0.3 is 10.2 Å². The molecule has 1 unspecified atom stereocenters. The first kappa shape index (κ1) is 19.8. The molecule has 2 aromatic heterocycles. The van der Waals surface area contributed by atoms with Crippen molar-refractivity contribution in [2.45, 2.75) is 45.4 Å². The summed E-state index contributed by atoms with van der Waals surface area (Å²) in [4.78, 5) is 13.8. The number of hydrogen-bond acceptors (Lipinski definition) is 4. The molecule has 7 nitrogen and oxygen atoms in total. The summed E-state index contributed by atoms with van der Waals surface area (Å²) in [5, 5.41) is 12.4. The molecule has 0 spiro atoms. The van der Waals surface area contributed by atoms with Gasteiger partial charge in [0, 0.05) is 68.1 Å². The van der Waals surface area contributed by atoms with E-state index in [1.807, 2.05) is 53.3 Å². The molecule has 162 valence electrons. The zero-order valence-corrected chi connectivity index (χ0v) is 18.1. The fourth-order valence-electron chi connectivity index (χ4n) is 4.35.